The maximum Gasteiger partial charge on any atom is 0.344 e. The molecule has 1 saturated heterocycles. The summed E-state index contributed by atoms with van der Waals surface area (Å²) in [6, 6.07) is 13.5. The van der Waals surface area contributed by atoms with Gasteiger partial charge in [0.2, 0.25) is 5.88 Å². The lowest BCUT2D eigenvalue weighted by molar-refractivity contribution is -0.141. The van der Waals surface area contributed by atoms with Gasteiger partial charge >= 0.3 is 5.97 Å². The molecule has 1 atom stereocenters. The molecule has 0 spiro atoms. The van der Waals surface area contributed by atoms with Crippen LogP contribution in [0.4, 0.5) is 0 Å². The molecule has 1 aliphatic rings. The molecule has 29 heavy (non-hydrogen) atoms. The Bertz CT molecular complexity index is 820. The number of pyridine rings is 1. The summed E-state index contributed by atoms with van der Waals surface area (Å²) >= 11 is 0. The Kier molecular flexibility index (Phi) is 7.19. The summed E-state index contributed by atoms with van der Waals surface area (Å²) in [5.74, 6) is -0.571. The van der Waals surface area contributed by atoms with Crippen LogP contribution in [0, 0.1) is 0 Å². The molecule has 1 amide bonds. The van der Waals surface area contributed by atoms with E-state index in [0.29, 0.717) is 19.7 Å². The highest BCUT2D eigenvalue weighted by molar-refractivity contribution is 5.94. The second-order valence-corrected chi connectivity index (χ2v) is 6.92. The average molecular weight is 397 g/mol. The Morgan fingerprint density at radius 3 is 2.48 bits per heavy atom. The van der Waals surface area contributed by atoms with Crippen LogP contribution in [-0.4, -0.2) is 65.6 Å². The summed E-state index contributed by atoms with van der Waals surface area (Å²) in [6.07, 6.45) is 0.684. The number of aromatic nitrogens is 1. The number of nitrogens with zero attached hydrogens (tertiary/aromatic N) is 3. The second kappa shape index (κ2) is 10.0. The molecule has 3 rings (SSSR count). The molecular formula is C22H27N3O4. The first-order valence-corrected chi connectivity index (χ1v) is 9.92. The quantitative estimate of drug-likeness (QED) is 0.668. The number of amides is 1. The van der Waals surface area contributed by atoms with Crippen LogP contribution < -0.4 is 4.74 Å². The van der Waals surface area contributed by atoms with Crippen LogP contribution in [-0.2, 0) is 16.1 Å². The number of ether oxygens (including phenoxy) is 2. The smallest absolute Gasteiger partial charge is 0.344 e. The average Bonchev–Trinajstić information content (AvgIpc) is 2.75. The second-order valence-electron chi connectivity index (χ2n) is 6.92. The molecule has 7 heteroatoms. The van der Waals surface area contributed by atoms with Gasteiger partial charge in [0.25, 0.3) is 5.91 Å². The minimum atomic E-state index is -0.863. The first-order chi connectivity index (χ1) is 14.1. The van der Waals surface area contributed by atoms with E-state index in [0.717, 1.165) is 19.6 Å². The summed E-state index contributed by atoms with van der Waals surface area (Å²) in [5, 5.41) is 0. The van der Waals surface area contributed by atoms with Gasteiger partial charge in [0.15, 0.2) is 6.10 Å². The molecule has 0 bridgehead atoms. The Labute approximate surface area is 171 Å². The number of hydrogen-bond acceptors (Lipinski definition) is 6. The zero-order chi connectivity index (χ0) is 20.6. The van der Waals surface area contributed by atoms with Gasteiger partial charge in [0, 0.05) is 38.9 Å². The van der Waals surface area contributed by atoms with E-state index < -0.39 is 12.1 Å². The van der Waals surface area contributed by atoms with Crippen molar-refractivity contribution in [1.82, 2.24) is 14.8 Å². The summed E-state index contributed by atoms with van der Waals surface area (Å²) < 4.78 is 10.8. The minimum absolute atomic E-state index is 0.181. The van der Waals surface area contributed by atoms with Gasteiger partial charge in [-0.15, -0.1) is 0 Å². The Morgan fingerprint density at radius 2 is 1.79 bits per heavy atom. The van der Waals surface area contributed by atoms with Crippen LogP contribution in [0.5, 0.6) is 5.88 Å². The van der Waals surface area contributed by atoms with Crippen molar-refractivity contribution in [1.29, 1.82) is 0 Å². The van der Waals surface area contributed by atoms with Gasteiger partial charge in [0.05, 0.1) is 6.61 Å². The van der Waals surface area contributed by atoms with Crippen molar-refractivity contribution in [2.45, 2.75) is 26.5 Å². The van der Waals surface area contributed by atoms with Gasteiger partial charge in [-0.25, -0.2) is 9.78 Å². The zero-order valence-electron chi connectivity index (χ0n) is 16.9. The number of hydrogen-bond donors (Lipinski definition) is 0. The van der Waals surface area contributed by atoms with E-state index in [1.807, 2.05) is 25.1 Å². The molecule has 1 aromatic carbocycles. The molecule has 0 N–H and O–H groups in total. The van der Waals surface area contributed by atoms with Gasteiger partial charge < -0.3 is 14.4 Å². The van der Waals surface area contributed by atoms with Crippen molar-refractivity contribution in [3.8, 4) is 5.88 Å². The monoisotopic (exact) mass is 397 g/mol. The largest absolute Gasteiger partial charge is 0.477 e. The van der Waals surface area contributed by atoms with E-state index in [-0.39, 0.29) is 17.4 Å². The summed E-state index contributed by atoms with van der Waals surface area (Å²) in [5.41, 5.74) is 1.48. The number of esters is 1. The van der Waals surface area contributed by atoms with Crippen molar-refractivity contribution in [3.63, 3.8) is 0 Å². The van der Waals surface area contributed by atoms with E-state index in [2.05, 4.69) is 22.0 Å². The normalized spacial score (nSPS) is 15.6. The highest BCUT2D eigenvalue weighted by Gasteiger charge is 2.28. The molecule has 7 nitrogen and oxygen atoms in total. The standard InChI is InChI=1S/C22H27N3O4/c1-3-28-20-19(10-7-11-23-20)22(27)29-17(2)21(26)25-14-12-24(13-15-25)16-18-8-5-4-6-9-18/h4-11,17H,3,12-16H2,1-2H3/t17-/m0/s1. The van der Waals surface area contributed by atoms with E-state index in [1.165, 1.54) is 5.56 Å². The van der Waals surface area contributed by atoms with Gasteiger partial charge in [-0.3, -0.25) is 9.69 Å². The fourth-order valence-electron chi connectivity index (χ4n) is 3.30. The first-order valence-electron chi connectivity index (χ1n) is 9.92. The Balaban J connectivity index is 1.51. The number of carbonyl (C=O) groups excluding carboxylic acids is 2. The predicted octanol–water partition coefficient (Wildman–Crippen LogP) is 2.37. The first kappa shape index (κ1) is 20.8. The Morgan fingerprint density at radius 1 is 1.07 bits per heavy atom. The maximum atomic E-state index is 12.7. The lowest BCUT2D eigenvalue weighted by atomic mass is 10.2. The van der Waals surface area contributed by atoms with E-state index in [1.54, 1.807) is 30.2 Å². The van der Waals surface area contributed by atoms with Crippen LogP contribution in [0.25, 0.3) is 0 Å². The Hall–Kier alpha value is -2.93. The third kappa shape index (κ3) is 5.54. The van der Waals surface area contributed by atoms with Gasteiger partial charge in [-0.05, 0) is 31.5 Å². The molecule has 1 aliphatic heterocycles. The fraction of sp³-hybridized carbons (Fsp3) is 0.409. The number of piperazine rings is 1. The van der Waals surface area contributed by atoms with Crippen LogP contribution in [0.2, 0.25) is 0 Å². The third-order valence-corrected chi connectivity index (χ3v) is 4.84. The molecule has 1 fully saturated rings. The molecule has 1 aromatic heterocycles. The third-order valence-electron chi connectivity index (χ3n) is 4.84. The van der Waals surface area contributed by atoms with Gasteiger partial charge in [0.1, 0.15) is 5.56 Å². The molecular weight excluding hydrogens is 370 g/mol. The van der Waals surface area contributed by atoms with E-state index in [9.17, 15) is 9.59 Å². The summed E-state index contributed by atoms with van der Waals surface area (Å²) in [7, 11) is 0. The molecule has 0 saturated carbocycles. The number of rotatable bonds is 7. The van der Waals surface area contributed by atoms with Crippen LogP contribution in [0.1, 0.15) is 29.8 Å². The molecule has 2 heterocycles. The molecule has 0 aliphatic carbocycles. The highest BCUT2D eigenvalue weighted by atomic mass is 16.6. The van der Waals surface area contributed by atoms with Crippen molar-refractivity contribution in [3.05, 3.63) is 59.8 Å². The van der Waals surface area contributed by atoms with E-state index >= 15 is 0 Å². The molecule has 0 radical (unpaired) electrons. The van der Waals surface area contributed by atoms with Crippen molar-refractivity contribution >= 4 is 11.9 Å². The molecule has 2 aromatic rings. The summed E-state index contributed by atoms with van der Waals surface area (Å²) in [6.45, 7) is 7.49. The number of carbonyl (C=O) groups is 2. The van der Waals surface area contributed by atoms with Crippen molar-refractivity contribution in [2.75, 3.05) is 32.8 Å². The zero-order valence-corrected chi connectivity index (χ0v) is 16.9. The molecule has 154 valence electrons. The SMILES string of the molecule is CCOc1ncccc1C(=O)O[C@@H](C)C(=O)N1CCN(Cc2ccccc2)CC1. The van der Waals surface area contributed by atoms with Crippen molar-refractivity contribution in [2.24, 2.45) is 0 Å². The topological polar surface area (TPSA) is 72.0 Å². The minimum Gasteiger partial charge on any atom is -0.477 e. The summed E-state index contributed by atoms with van der Waals surface area (Å²) in [4.78, 5) is 33.3. The van der Waals surface area contributed by atoms with Crippen molar-refractivity contribution < 1.29 is 19.1 Å². The number of benzene rings is 1. The highest BCUT2D eigenvalue weighted by Crippen LogP contribution is 2.17. The van der Waals surface area contributed by atoms with Gasteiger partial charge in [-0.2, -0.15) is 0 Å². The maximum absolute atomic E-state index is 12.7. The van der Waals surface area contributed by atoms with Crippen LogP contribution in [0.3, 0.4) is 0 Å². The van der Waals surface area contributed by atoms with Gasteiger partial charge in [-0.1, -0.05) is 30.3 Å². The molecule has 0 unspecified atom stereocenters. The van der Waals surface area contributed by atoms with Crippen LogP contribution in [0.15, 0.2) is 48.7 Å². The lowest BCUT2D eigenvalue weighted by Gasteiger charge is -2.35. The van der Waals surface area contributed by atoms with E-state index in [4.69, 9.17) is 9.47 Å². The lowest BCUT2D eigenvalue weighted by Crippen LogP contribution is -2.51. The fourth-order valence-corrected chi connectivity index (χ4v) is 3.30. The predicted molar refractivity (Wildman–Crippen MR) is 109 cm³/mol. The van der Waals surface area contributed by atoms with Crippen LogP contribution >= 0.6 is 0 Å².